The maximum absolute atomic E-state index is 11.0. The van der Waals surface area contributed by atoms with E-state index < -0.39 is 5.91 Å². The summed E-state index contributed by atoms with van der Waals surface area (Å²) in [6, 6.07) is 4.14. The topological polar surface area (TPSA) is 77.2 Å². The lowest BCUT2D eigenvalue weighted by atomic mass is 10.0. The van der Waals surface area contributed by atoms with Crippen molar-refractivity contribution in [3.63, 3.8) is 0 Å². The van der Waals surface area contributed by atoms with Crippen LogP contribution in [0.4, 0.5) is 0 Å². The molecule has 72 valence electrons. The van der Waals surface area contributed by atoms with E-state index in [1.54, 1.807) is 0 Å². The lowest BCUT2D eigenvalue weighted by Crippen LogP contribution is -2.12. The predicted octanol–water partition coefficient (Wildman–Crippen LogP) is 0.801. The highest BCUT2D eigenvalue weighted by molar-refractivity contribution is 6.01. The maximum atomic E-state index is 11.0. The van der Waals surface area contributed by atoms with Crippen molar-refractivity contribution < 1.29 is 14.4 Å². The van der Waals surface area contributed by atoms with Crippen LogP contribution >= 0.6 is 0 Å². The molecule has 0 spiro atoms. The highest BCUT2D eigenvalue weighted by Crippen LogP contribution is 2.09. The van der Waals surface area contributed by atoms with E-state index in [1.165, 1.54) is 25.1 Å². The minimum atomic E-state index is -0.656. The number of hydrogen-bond donors (Lipinski definition) is 1. The zero-order valence-corrected chi connectivity index (χ0v) is 7.61. The number of benzene rings is 1. The van der Waals surface area contributed by atoms with Crippen molar-refractivity contribution in [3.05, 3.63) is 34.9 Å². The van der Waals surface area contributed by atoms with E-state index in [9.17, 15) is 14.4 Å². The van der Waals surface area contributed by atoms with Gasteiger partial charge in [-0.15, -0.1) is 0 Å². The van der Waals surface area contributed by atoms with Gasteiger partial charge in [0, 0.05) is 16.7 Å². The lowest BCUT2D eigenvalue weighted by molar-refractivity contribution is 0.1000. The van der Waals surface area contributed by atoms with Gasteiger partial charge >= 0.3 is 0 Å². The largest absolute Gasteiger partial charge is 0.366 e. The average Bonchev–Trinajstić information content (AvgIpc) is 2.16. The number of nitrogens with two attached hydrogens (primary N) is 1. The molecule has 0 aliphatic heterocycles. The van der Waals surface area contributed by atoms with Crippen LogP contribution in [0.15, 0.2) is 18.2 Å². The third kappa shape index (κ3) is 2.04. The summed E-state index contributed by atoms with van der Waals surface area (Å²) < 4.78 is 0. The van der Waals surface area contributed by atoms with Gasteiger partial charge in [-0.05, 0) is 25.1 Å². The van der Waals surface area contributed by atoms with Crippen molar-refractivity contribution in [2.45, 2.75) is 6.92 Å². The van der Waals surface area contributed by atoms with Gasteiger partial charge in [0.25, 0.3) is 0 Å². The number of primary amides is 1. The molecule has 14 heavy (non-hydrogen) atoms. The Labute approximate surface area is 80.7 Å². The first-order chi connectivity index (χ1) is 6.54. The molecule has 1 amide bonds. The molecule has 0 unspecified atom stereocenters. The quantitative estimate of drug-likeness (QED) is 0.567. The monoisotopic (exact) mass is 191 g/mol. The van der Waals surface area contributed by atoms with Crippen LogP contribution in [0.2, 0.25) is 0 Å². The Bertz CT molecular complexity index is 378. The van der Waals surface area contributed by atoms with Crippen LogP contribution in [-0.2, 0) is 0 Å². The molecule has 0 aliphatic rings. The summed E-state index contributed by atoms with van der Waals surface area (Å²) in [6.45, 7) is 1.36. The van der Waals surface area contributed by atoms with Crippen LogP contribution in [0.5, 0.6) is 0 Å². The first-order valence-corrected chi connectivity index (χ1v) is 3.95. The third-order valence-electron chi connectivity index (χ3n) is 1.78. The Hall–Kier alpha value is -1.97. The summed E-state index contributed by atoms with van der Waals surface area (Å²) in [5.74, 6) is -0.868. The lowest BCUT2D eigenvalue weighted by Gasteiger charge is -2.00. The van der Waals surface area contributed by atoms with Crippen LogP contribution in [0.25, 0.3) is 0 Å². The Balaban J connectivity index is 3.34. The Morgan fingerprint density at radius 2 is 1.79 bits per heavy atom. The van der Waals surface area contributed by atoms with Gasteiger partial charge in [0.15, 0.2) is 5.78 Å². The van der Waals surface area contributed by atoms with Crippen molar-refractivity contribution >= 4 is 18.0 Å². The number of carbonyl (C=O) groups is 3. The minimum Gasteiger partial charge on any atom is -0.366 e. The summed E-state index contributed by atoms with van der Waals surface area (Å²) >= 11 is 0. The minimum absolute atomic E-state index is 0.166. The molecule has 1 rings (SSSR count). The molecular weight excluding hydrogens is 182 g/mol. The summed E-state index contributed by atoms with van der Waals surface area (Å²) in [6.07, 6.45) is 0.568. The second-order valence-electron chi connectivity index (χ2n) is 2.88. The molecule has 4 nitrogen and oxygen atoms in total. The Kier molecular flexibility index (Phi) is 2.76. The van der Waals surface area contributed by atoms with Crippen LogP contribution < -0.4 is 5.73 Å². The zero-order valence-electron chi connectivity index (χ0n) is 7.61. The predicted molar refractivity (Wildman–Crippen MR) is 50.4 cm³/mol. The van der Waals surface area contributed by atoms with Crippen molar-refractivity contribution in [2.24, 2.45) is 5.73 Å². The molecule has 1 aromatic rings. The zero-order chi connectivity index (χ0) is 10.7. The van der Waals surface area contributed by atoms with Crippen molar-refractivity contribution in [1.82, 2.24) is 0 Å². The third-order valence-corrected chi connectivity index (χ3v) is 1.78. The molecule has 2 N–H and O–H groups in total. The highest BCUT2D eigenvalue weighted by Gasteiger charge is 2.07. The summed E-state index contributed by atoms with van der Waals surface area (Å²) in [4.78, 5) is 32.4. The fourth-order valence-corrected chi connectivity index (χ4v) is 1.07. The summed E-state index contributed by atoms with van der Waals surface area (Å²) in [5.41, 5.74) is 5.79. The van der Waals surface area contributed by atoms with E-state index in [0.717, 1.165) is 0 Å². The molecule has 0 saturated carbocycles. The van der Waals surface area contributed by atoms with Gasteiger partial charge in [0.2, 0.25) is 5.91 Å². The van der Waals surface area contributed by atoms with Crippen LogP contribution in [0, 0.1) is 0 Å². The van der Waals surface area contributed by atoms with E-state index in [0.29, 0.717) is 11.8 Å². The molecule has 0 aliphatic carbocycles. The standard InChI is InChI=1S/C10H9NO3/c1-6(13)8-2-7(5-12)3-9(4-8)10(11)14/h2-5H,1H3,(H2,11,14). The number of amides is 1. The Morgan fingerprint density at radius 3 is 2.21 bits per heavy atom. The van der Waals surface area contributed by atoms with Crippen molar-refractivity contribution in [1.29, 1.82) is 0 Å². The number of aldehydes is 1. The van der Waals surface area contributed by atoms with Gasteiger partial charge in [-0.3, -0.25) is 14.4 Å². The first-order valence-electron chi connectivity index (χ1n) is 3.95. The van der Waals surface area contributed by atoms with E-state index >= 15 is 0 Å². The van der Waals surface area contributed by atoms with Gasteiger partial charge in [-0.25, -0.2) is 0 Å². The van der Waals surface area contributed by atoms with E-state index in [1.807, 2.05) is 0 Å². The SMILES string of the molecule is CC(=O)c1cc(C=O)cc(C(N)=O)c1. The smallest absolute Gasteiger partial charge is 0.248 e. The summed E-state index contributed by atoms with van der Waals surface area (Å²) in [7, 11) is 0. The first kappa shape index (κ1) is 10.1. The number of ketones is 1. The fourth-order valence-electron chi connectivity index (χ4n) is 1.07. The van der Waals surface area contributed by atoms with Crippen molar-refractivity contribution in [2.75, 3.05) is 0 Å². The Morgan fingerprint density at radius 1 is 1.21 bits per heavy atom. The van der Waals surface area contributed by atoms with Crippen LogP contribution in [0.1, 0.15) is 38.0 Å². The molecule has 0 bridgehead atoms. The highest BCUT2D eigenvalue weighted by atomic mass is 16.1. The molecule has 4 heteroatoms. The van der Waals surface area contributed by atoms with Gasteiger partial charge in [0.1, 0.15) is 6.29 Å². The second-order valence-corrected chi connectivity index (χ2v) is 2.88. The average molecular weight is 191 g/mol. The van der Waals surface area contributed by atoms with Gasteiger partial charge in [-0.2, -0.15) is 0 Å². The fraction of sp³-hybridized carbons (Fsp3) is 0.100. The van der Waals surface area contributed by atoms with Crippen LogP contribution in [0.3, 0.4) is 0 Å². The molecule has 1 aromatic carbocycles. The van der Waals surface area contributed by atoms with Crippen LogP contribution in [-0.4, -0.2) is 18.0 Å². The number of carbonyl (C=O) groups excluding carboxylic acids is 3. The number of hydrogen-bond acceptors (Lipinski definition) is 3. The van der Waals surface area contributed by atoms with E-state index in [4.69, 9.17) is 5.73 Å². The van der Waals surface area contributed by atoms with Gasteiger partial charge in [-0.1, -0.05) is 0 Å². The maximum Gasteiger partial charge on any atom is 0.248 e. The van der Waals surface area contributed by atoms with E-state index in [2.05, 4.69) is 0 Å². The summed E-state index contributed by atoms with van der Waals surface area (Å²) in [5, 5.41) is 0. The van der Waals surface area contributed by atoms with Gasteiger partial charge in [0.05, 0.1) is 0 Å². The number of rotatable bonds is 3. The van der Waals surface area contributed by atoms with Gasteiger partial charge < -0.3 is 5.73 Å². The molecule has 0 fully saturated rings. The second kappa shape index (κ2) is 3.83. The molecule has 0 radical (unpaired) electrons. The molecule has 0 atom stereocenters. The molecular formula is C10H9NO3. The van der Waals surface area contributed by atoms with E-state index in [-0.39, 0.29) is 16.9 Å². The normalized spacial score (nSPS) is 9.50. The van der Waals surface area contributed by atoms with Crippen molar-refractivity contribution in [3.8, 4) is 0 Å². The number of Topliss-reactive ketones (excluding diaryl/α,β-unsaturated/α-hetero) is 1. The molecule has 0 heterocycles. The molecule has 0 saturated heterocycles. The molecule has 0 aromatic heterocycles.